The molecule has 1 heterocycles. The Morgan fingerprint density at radius 2 is 1.42 bits per heavy atom. The van der Waals surface area contributed by atoms with Crippen molar-refractivity contribution < 1.29 is 13.2 Å². The Morgan fingerprint density at radius 1 is 0.774 bits per heavy atom. The van der Waals surface area contributed by atoms with E-state index in [0.717, 1.165) is 0 Å². The highest BCUT2D eigenvalue weighted by molar-refractivity contribution is 7.92. The number of fused-ring (bicyclic) bond motifs is 1. The third kappa shape index (κ3) is 4.23. The number of amides is 1. The van der Waals surface area contributed by atoms with E-state index >= 15 is 0 Å². The number of hydrogen-bond donors (Lipinski definition) is 4. The SMILES string of the molecule is O=C(Nc1ccccc1S(=O)(=O)Nc1ccccc1)c1ccc2[nH]c(=O)c(=O)[nH]c2c1. The molecule has 0 saturated heterocycles. The summed E-state index contributed by atoms with van der Waals surface area (Å²) >= 11 is 0. The molecule has 4 rings (SSSR count). The third-order valence-electron chi connectivity index (χ3n) is 4.44. The fourth-order valence-electron chi connectivity index (χ4n) is 2.97. The predicted molar refractivity (Wildman–Crippen MR) is 117 cm³/mol. The quantitative estimate of drug-likeness (QED) is 0.355. The van der Waals surface area contributed by atoms with Crippen molar-refractivity contribution in [2.45, 2.75) is 4.90 Å². The first-order valence-electron chi connectivity index (χ1n) is 9.08. The van der Waals surface area contributed by atoms with Crippen molar-refractivity contribution in [3.8, 4) is 0 Å². The zero-order valence-electron chi connectivity index (χ0n) is 15.9. The number of aromatic nitrogens is 2. The van der Waals surface area contributed by atoms with Crippen LogP contribution in [-0.4, -0.2) is 24.3 Å². The molecular weight excluding hydrogens is 420 g/mol. The summed E-state index contributed by atoms with van der Waals surface area (Å²) in [6.07, 6.45) is 0. The lowest BCUT2D eigenvalue weighted by Gasteiger charge is -2.13. The monoisotopic (exact) mass is 436 g/mol. The first-order chi connectivity index (χ1) is 14.8. The Labute approximate surface area is 175 Å². The topological polar surface area (TPSA) is 141 Å². The molecule has 0 aliphatic carbocycles. The predicted octanol–water partition coefficient (Wildman–Crippen LogP) is 2.27. The van der Waals surface area contributed by atoms with Gasteiger partial charge < -0.3 is 15.3 Å². The summed E-state index contributed by atoms with van der Waals surface area (Å²) in [7, 11) is -3.97. The number of carbonyl (C=O) groups excluding carboxylic acids is 1. The molecule has 0 spiro atoms. The molecule has 0 radical (unpaired) electrons. The van der Waals surface area contributed by atoms with Crippen LogP contribution in [0.3, 0.4) is 0 Å². The number of H-pyrrole nitrogens is 2. The molecule has 4 N–H and O–H groups in total. The van der Waals surface area contributed by atoms with Gasteiger partial charge in [0.2, 0.25) is 0 Å². The summed E-state index contributed by atoms with van der Waals surface area (Å²) in [5.41, 5.74) is -0.371. The highest BCUT2D eigenvalue weighted by atomic mass is 32.2. The molecule has 0 bridgehead atoms. The summed E-state index contributed by atoms with van der Waals surface area (Å²) in [4.78, 5) is 40.4. The number of rotatable bonds is 5. The van der Waals surface area contributed by atoms with Gasteiger partial charge in [0.05, 0.1) is 16.7 Å². The molecule has 3 aromatic carbocycles. The Bertz CT molecular complexity index is 1510. The molecule has 0 unspecified atom stereocenters. The van der Waals surface area contributed by atoms with Crippen molar-refractivity contribution >= 4 is 38.3 Å². The molecule has 31 heavy (non-hydrogen) atoms. The normalized spacial score (nSPS) is 11.2. The van der Waals surface area contributed by atoms with Gasteiger partial charge in [-0.15, -0.1) is 0 Å². The van der Waals surface area contributed by atoms with Gasteiger partial charge in [0.25, 0.3) is 15.9 Å². The van der Waals surface area contributed by atoms with Crippen molar-refractivity contribution in [3.05, 3.63) is 99.1 Å². The van der Waals surface area contributed by atoms with E-state index in [4.69, 9.17) is 0 Å². The van der Waals surface area contributed by atoms with Gasteiger partial charge in [-0.1, -0.05) is 30.3 Å². The van der Waals surface area contributed by atoms with E-state index < -0.39 is 27.0 Å². The van der Waals surface area contributed by atoms with Crippen LogP contribution in [0, 0.1) is 0 Å². The molecule has 1 aromatic heterocycles. The summed E-state index contributed by atoms with van der Waals surface area (Å²) in [6, 6.07) is 18.7. The molecule has 4 aromatic rings. The molecule has 0 aliphatic rings. The van der Waals surface area contributed by atoms with E-state index in [1.807, 2.05) is 0 Å². The summed E-state index contributed by atoms with van der Waals surface area (Å²) in [5.74, 6) is -0.587. The van der Waals surface area contributed by atoms with Gasteiger partial charge in [0, 0.05) is 11.3 Å². The smallest absolute Gasteiger partial charge is 0.314 e. The number of para-hydroxylation sites is 2. The van der Waals surface area contributed by atoms with Crippen molar-refractivity contribution in [2.75, 3.05) is 10.0 Å². The molecule has 9 nitrogen and oxygen atoms in total. The fourth-order valence-corrected chi connectivity index (χ4v) is 4.19. The number of anilines is 2. The van der Waals surface area contributed by atoms with Gasteiger partial charge in [-0.05, 0) is 42.5 Å². The second-order valence-electron chi connectivity index (χ2n) is 6.59. The number of sulfonamides is 1. The van der Waals surface area contributed by atoms with Crippen LogP contribution in [-0.2, 0) is 10.0 Å². The van der Waals surface area contributed by atoms with Gasteiger partial charge in [-0.3, -0.25) is 19.1 Å². The van der Waals surface area contributed by atoms with Crippen LogP contribution in [0.5, 0.6) is 0 Å². The highest BCUT2D eigenvalue weighted by Crippen LogP contribution is 2.24. The maximum Gasteiger partial charge on any atom is 0.314 e. The second kappa shape index (κ2) is 7.92. The minimum absolute atomic E-state index is 0.0889. The van der Waals surface area contributed by atoms with E-state index in [-0.39, 0.29) is 21.7 Å². The fraction of sp³-hybridized carbons (Fsp3) is 0. The van der Waals surface area contributed by atoms with Crippen LogP contribution in [0.15, 0.2) is 87.3 Å². The Morgan fingerprint density at radius 3 is 2.16 bits per heavy atom. The van der Waals surface area contributed by atoms with Crippen LogP contribution in [0.25, 0.3) is 11.0 Å². The standard InChI is InChI=1S/C21H16N4O5S/c26-19(13-10-11-15-17(12-13)24-21(28)20(27)22-15)23-16-8-4-5-9-18(16)31(29,30)25-14-6-2-1-3-7-14/h1-12,25H,(H,22,27)(H,23,26)(H,24,28). The number of hydrogen-bond acceptors (Lipinski definition) is 5. The molecule has 0 fully saturated rings. The van der Waals surface area contributed by atoms with E-state index in [1.54, 1.807) is 42.5 Å². The number of aromatic amines is 2. The number of nitrogens with one attached hydrogen (secondary N) is 4. The van der Waals surface area contributed by atoms with Gasteiger partial charge in [-0.25, -0.2) is 8.42 Å². The zero-order valence-corrected chi connectivity index (χ0v) is 16.7. The van der Waals surface area contributed by atoms with Gasteiger partial charge in [0.1, 0.15) is 4.90 Å². The Kier molecular flexibility index (Phi) is 5.14. The minimum Gasteiger partial charge on any atom is -0.321 e. The number of carbonyl (C=O) groups is 1. The molecule has 156 valence electrons. The maximum atomic E-state index is 12.8. The summed E-state index contributed by atoms with van der Waals surface area (Å²) in [6.45, 7) is 0. The van der Waals surface area contributed by atoms with E-state index in [9.17, 15) is 22.8 Å². The molecule has 10 heteroatoms. The van der Waals surface area contributed by atoms with E-state index in [1.165, 1.54) is 30.3 Å². The van der Waals surface area contributed by atoms with Gasteiger partial charge >= 0.3 is 11.1 Å². The largest absolute Gasteiger partial charge is 0.321 e. The van der Waals surface area contributed by atoms with Gasteiger partial charge in [-0.2, -0.15) is 0 Å². The van der Waals surface area contributed by atoms with Crippen LogP contribution in [0.2, 0.25) is 0 Å². The maximum absolute atomic E-state index is 12.8. The molecule has 0 atom stereocenters. The Balaban J connectivity index is 1.65. The molecular formula is C21H16N4O5S. The summed E-state index contributed by atoms with van der Waals surface area (Å²) in [5, 5.41) is 2.59. The van der Waals surface area contributed by atoms with Gasteiger partial charge in [0.15, 0.2) is 0 Å². The number of benzene rings is 3. The minimum atomic E-state index is -3.97. The van der Waals surface area contributed by atoms with Crippen LogP contribution >= 0.6 is 0 Å². The third-order valence-corrected chi connectivity index (χ3v) is 5.87. The van der Waals surface area contributed by atoms with Crippen molar-refractivity contribution in [3.63, 3.8) is 0 Å². The first-order valence-corrected chi connectivity index (χ1v) is 10.6. The molecule has 0 saturated carbocycles. The van der Waals surface area contributed by atoms with Crippen LogP contribution in [0.1, 0.15) is 10.4 Å². The first kappa shape index (κ1) is 20.1. The van der Waals surface area contributed by atoms with Crippen molar-refractivity contribution in [2.24, 2.45) is 0 Å². The van der Waals surface area contributed by atoms with E-state index in [2.05, 4.69) is 20.0 Å². The highest BCUT2D eigenvalue weighted by Gasteiger charge is 2.20. The summed E-state index contributed by atoms with van der Waals surface area (Å²) < 4.78 is 28.2. The lowest BCUT2D eigenvalue weighted by Crippen LogP contribution is -2.29. The lowest BCUT2D eigenvalue weighted by molar-refractivity contribution is 0.102. The lowest BCUT2D eigenvalue weighted by atomic mass is 10.1. The zero-order chi connectivity index (χ0) is 22.0. The van der Waals surface area contributed by atoms with Crippen LogP contribution in [0.4, 0.5) is 11.4 Å². The average molecular weight is 436 g/mol. The average Bonchev–Trinajstić information content (AvgIpc) is 2.75. The van der Waals surface area contributed by atoms with Crippen molar-refractivity contribution in [1.29, 1.82) is 0 Å². The van der Waals surface area contributed by atoms with Crippen molar-refractivity contribution in [1.82, 2.24) is 9.97 Å². The van der Waals surface area contributed by atoms with Crippen LogP contribution < -0.4 is 21.2 Å². The second-order valence-corrected chi connectivity index (χ2v) is 8.24. The molecule has 1 amide bonds. The van der Waals surface area contributed by atoms with E-state index in [0.29, 0.717) is 11.2 Å². The Hall–Kier alpha value is -4.18. The molecule has 0 aliphatic heterocycles.